The first-order valence-electron chi connectivity index (χ1n) is 5.94. The minimum atomic E-state index is -4.62. The number of halogens is 3. The number of amides is 1. The zero-order valence-electron chi connectivity index (χ0n) is 10.5. The van der Waals surface area contributed by atoms with Gasteiger partial charge < -0.3 is 4.90 Å². The molecule has 0 bridgehead atoms. The van der Waals surface area contributed by atoms with Gasteiger partial charge in [-0.3, -0.25) is 4.79 Å². The number of benzene rings is 1. The molecule has 1 aromatic rings. The molecule has 0 saturated carbocycles. The summed E-state index contributed by atoms with van der Waals surface area (Å²) >= 11 is 0. The van der Waals surface area contributed by atoms with Crippen LogP contribution < -0.4 is 4.90 Å². The van der Waals surface area contributed by atoms with Gasteiger partial charge >= 0.3 is 6.18 Å². The van der Waals surface area contributed by atoms with Crippen LogP contribution in [0, 0.1) is 11.3 Å². The summed E-state index contributed by atoms with van der Waals surface area (Å²) in [6, 6.07) is 3.59. The molecule has 1 amide bonds. The van der Waals surface area contributed by atoms with E-state index in [-0.39, 0.29) is 18.0 Å². The molecule has 0 aliphatic carbocycles. The maximum atomic E-state index is 12.9. The lowest BCUT2D eigenvalue weighted by molar-refractivity contribution is -0.137. The van der Waals surface area contributed by atoms with Crippen molar-refractivity contribution in [1.29, 1.82) is 5.26 Å². The van der Waals surface area contributed by atoms with Gasteiger partial charge in [-0.15, -0.1) is 6.58 Å². The second kappa shape index (κ2) is 5.00. The van der Waals surface area contributed by atoms with E-state index in [4.69, 9.17) is 5.26 Å². The number of rotatable bonds is 3. The lowest BCUT2D eigenvalue weighted by Crippen LogP contribution is -2.27. The molecular weight excluding hydrogens is 269 g/mol. The fourth-order valence-corrected chi connectivity index (χ4v) is 2.21. The van der Waals surface area contributed by atoms with Crippen molar-refractivity contribution in [3.8, 4) is 6.07 Å². The van der Waals surface area contributed by atoms with Gasteiger partial charge in [-0.25, -0.2) is 0 Å². The maximum Gasteiger partial charge on any atom is 0.417 e. The average molecular weight is 280 g/mol. The first kappa shape index (κ1) is 14.1. The SMILES string of the molecule is C=CCCN1C(=O)Cc2cc(C#N)c(C(F)(F)F)cc21. The number of carbonyl (C=O) groups is 1. The standard InChI is InChI=1S/C14H11F3N2O/c1-2-3-4-19-12-7-11(14(15,16)17)10(8-18)5-9(12)6-13(19)20/h2,5,7H,1,3-4,6H2. The number of hydrogen-bond acceptors (Lipinski definition) is 2. The normalized spacial score (nSPS) is 14.1. The Bertz CT molecular complexity index is 614. The predicted molar refractivity (Wildman–Crippen MR) is 67.0 cm³/mol. The fraction of sp³-hybridized carbons (Fsp3) is 0.286. The van der Waals surface area contributed by atoms with Crippen LogP contribution in [0.1, 0.15) is 23.1 Å². The molecule has 1 aliphatic heterocycles. The summed E-state index contributed by atoms with van der Waals surface area (Å²) in [6.07, 6.45) is -2.50. The smallest absolute Gasteiger partial charge is 0.312 e. The molecule has 1 aromatic carbocycles. The van der Waals surface area contributed by atoms with Crippen molar-refractivity contribution in [2.75, 3.05) is 11.4 Å². The van der Waals surface area contributed by atoms with E-state index in [2.05, 4.69) is 6.58 Å². The van der Waals surface area contributed by atoms with E-state index < -0.39 is 17.3 Å². The van der Waals surface area contributed by atoms with Gasteiger partial charge in [0, 0.05) is 12.2 Å². The second-order valence-corrected chi connectivity index (χ2v) is 4.44. The van der Waals surface area contributed by atoms with E-state index >= 15 is 0 Å². The first-order chi connectivity index (χ1) is 9.38. The Labute approximate surface area is 113 Å². The van der Waals surface area contributed by atoms with Gasteiger partial charge in [0.05, 0.1) is 23.6 Å². The third-order valence-corrected chi connectivity index (χ3v) is 3.14. The van der Waals surface area contributed by atoms with Crippen LogP contribution in [0.5, 0.6) is 0 Å². The number of anilines is 1. The molecule has 6 heteroatoms. The van der Waals surface area contributed by atoms with E-state index in [1.807, 2.05) is 0 Å². The molecule has 3 nitrogen and oxygen atoms in total. The topological polar surface area (TPSA) is 44.1 Å². The van der Waals surface area contributed by atoms with Crippen LogP contribution in [0.15, 0.2) is 24.8 Å². The molecule has 0 radical (unpaired) electrons. The van der Waals surface area contributed by atoms with Crippen molar-refractivity contribution in [3.05, 3.63) is 41.5 Å². The van der Waals surface area contributed by atoms with Crippen molar-refractivity contribution in [1.82, 2.24) is 0 Å². The molecule has 0 saturated heterocycles. The Balaban J connectivity index is 2.52. The second-order valence-electron chi connectivity index (χ2n) is 4.44. The number of carbonyl (C=O) groups excluding carboxylic acids is 1. The fourth-order valence-electron chi connectivity index (χ4n) is 2.21. The number of nitriles is 1. The molecule has 0 fully saturated rings. The van der Waals surface area contributed by atoms with E-state index in [1.165, 1.54) is 11.0 Å². The van der Waals surface area contributed by atoms with Gasteiger partial charge in [-0.1, -0.05) is 6.08 Å². The van der Waals surface area contributed by atoms with Gasteiger partial charge in [-0.05, 0) is 24.1 Å². The minimum Gasteiger partial charge on any atom is -0.312 e. The minimum absolute atomic E-state index is 0.0271. The van der Waals surface area contributed by atoms with Crippen LogP contribution in [-0.4, -0.2) is 12.5 Å². The highest BCUT2D eigenvalue weighted by atomic mass is 19.4. The number of nitrogens with zero attached hydrogens (tertiary/aromatic N) is 2. The largest absolute Gasteiger partial charge is 0.417 e. The zero-order chi connectivity index (χ0) is 14.9. The Morgan fingerprint density at radius 1 is 1.45 bits per heavy atom. The molecule has 1 aliphatic rings. The van der Waals surface area contributed by atoms with Crippen LogP contribution in [0.4, 0.5) is 18.9 Å². The highest BCUT2D eigenvalue weighted by Crippen LogP contribution is 2.38. The van der Waals surface area contributed by atoms with Crippen molar-refractivity contribution in [3.63, 3.8) is 0 Å². The van der Waals surface area contributed by atoms with Crippen molar-refractivity contribution in [2.24, 2.45) is 0 Å². The van der Waals surface area contributed by atoms with Gasteiger partial charge in [-0.2, -0.15) is 18.4 Å². The molecule has 0 spiro atoms. The Kier molecular flexibility index (Phi) is 3.53. The lowest BCUT2D eigenvalue weighted by Gasteiger charge is -2.18. The predicted octanol–water partition coefficient (Wildman–Crippen LogP) is 3.04. The average Bonchev–Trinajstić information content (AvgIpc) is 2.68. The van der Waals surface area contributed by atoms with E-state index in [1.54, 1.807) is 6.08 Å². The highest BCUT2D eigenvalue weighted by Gasteiger charge is 2.37. The van der Waals surface area contributed by atoms with Crippen LogP contribution in [-0.2, 0) is 17.4 Å². The Morgan fingerprint density at radius 2 is 2.15 bits per heavy atom. The summed E-state index contributed by atoms with van der Waals surface area (Å²) in [5.74, 6) is -0.259. The van der Waals surface area contributed by atoms with Gasteiger partial charge in [0.2, 0.25) is 5.91 Å². The molecular formula is C14H11F3N2O. The Hall–Kier alpha value is -2.29. The summed E-state index contributed by atoms with van der Waals surface area (Å²) < 4.78 is 38.7. The van der Waals surface area contributed by atoms with Gasteiger partial charge in [0.1, 0.15) is 0 Å². The molecule has 0 aromatic heterocycles. The first-order valence-corrected chi connectivity index (χ1v) is 5.94. The quantitative estimate of drug-likeness (QED) is 0.799. The Morgan fingerprint density at radius 3 is 2.70 bits per heavy atom. The molecule has 0 atom stereocenters. The van der Waals surface area contributed by atoms with E-state index in [9.17, 15) is 18.0 Å². The lowest BCUT2D eigenvalue weighted by atomic mass is 10.0. The van der Waals surface area contributed by atoms with Crippen molar-refractivity contribution >= 4 is 11.6 Å². The molecule has 20 heavy (non-hydrogen) atoms. The van der Waals surface area contributed by atoms with Gasteiger partial charge in [0.15, 0.2) is 0 Å². The molecule has 0 unspecified atom stereocenters. The van der Waals surface area contributed by atoms with Crippen LogP contribution >= 0.6 is 0 Å². The third kappa shape index (κ3) is 2.39. The summed E-state index contributed by atoms with van der Waals surface area (Å²) in [7, 11) is 0. The molecule has 104 valence electrons. The van der Waals surface area contributed by atoms with Crippen molar-refractivity contribution in [2.45, 2.75) is 19.0 Å². The molecule has 2 rings (SSSR count). The number of hydrogen-bond donors (Lipinski definition) is 0. The van der Waals surface area contributed by atoms with Crippen molar-refractivity contribution < 1.29 is 18.0 Å². The van der Waals surface area contributed by atoms with Gasteiger partial charge in [0.25, 0.3) is 0 Å². The van der Waals surface area contributed by atoms with E-state index in [0.29, 0.717) is 18.5 Å². The third-order valence-electron chi connectivity index (χ3n) is 3.14. The maximum absolute atomic E-state index is 12.9. The summed E-state index contributed by atoms with van der Waals surface area (Å²) in [5.41, 5.74) is -0.751. The summed E-state index contributed by atoms with van der Waals surface area (Å²) in [4.78, 5) is 13.1. The number of fused-ring (bicyclic) bond motifs is 1. The zero-order valence-corrected chi connectivity index (χ0v) is 10.5. The number of alkyl halides is 3. The summed E-state index contributed by atoms with van der Waals surface area (Å²) in [6.45, 7) is 3.82. The van der Waals surface area contributed by atoms with Crippen LogP contribution in [0.25, 0.3) is 0 Å². The molecule has 0 N–H and O–H groups in total. The molecule has 1 heterocycles. The summed E-state index contributed by atoms with van der Waals surface area (Å²) in [5, 5.41) is 8.82. The monoisotopic (exact) mass is 280 g/mol. The van der Waals surface area contributed by atoms with Crippen LogP contribution in [0.2, 0.25) is 0 Å². The van der Waals surface area contributed by atoms with Crippen LogP contribution in [0.3, 0.4) is 0 Å². The van der Waals surface area contributed by atoms with E-state index in [0.717, 1.165) is 12.1 Å². The highest BCUT2D eigenvalue weighted by molar-refractivity contribution is 6.01.